The zero-order valence-electron chi connectivity index (χ0n) is 28.8. The minimum atomic E-state index is -1.70. The van der Waals surface area contributed by atoms with Crippen LogP contribution in [0, 0.1) is 17.8 Å². The van der Waals surface area contributed by atoms with Gasteiger partial charge in [0.1, 0.15) is 36.6 Å². The number of fused-ring (bicyclic) bond motifs is 3. The van der Waals surface area contributed by atoms with E-state index in [1.54, 1.807) is 6.08 Å². The third-order valence-corrected chi connectivity index (χ3v) is 11.4. The number of benzene rings is 1. The molecule has 0 unspecified atom stereocenters. The second-order valence-electron chi connectivity index (χ2n) is 14.8. The Morgan fingerprint density at radius 2 is 1.53 bits per heavy atom. The molecule has 6 aliphatic rings. The fraction of sp³-hybridized carbons (Fsp3) is 0.722. The van der Waals surface area contributed by atoms with E-state index in [2.05, 4.69) is 0 Å². The van der Waals surface area contributed by atoms with Crippen molar-refractivity contribution < 1.29 is 73.0 Å². The van der Waals surface area contributed by atoms with Gasteiger partial charge in [0.2, 0.25) is 12.1 Å². The van der Waals surface area contributed by atoms with E-state index in [0.29, 0.717) is 19.4 Å². The molecule has 5 heterocycles. The van der Waals surface area contributed by atoms with Gasteiger partial charge in [-0.25, -0.2) is 4.79 Å². The Hall–Kier alpha value is -2.54. The van der Waals surface area contributed by atoms with Crippen molar-refractivity contribution in [3.63, 3.8) is 0 Å². The van der Waals surface area contributed by atoms with Gasteiger partial charge in [0.15, 0.2) is 18.0 Å². The van der Waals surface area contributed by atoms with Crippen LogP contribution < -0.4 is 0 Å². The fourth-order valence-electron chi connectivity index (χ4n) is 8.23. The normalized spacial score (nSPS) is 48.0. The van der Waals surface area contributed by atoms with Gasteiger partial charge in [-0.15, -0.1) is 0 Å². The summed E-state index contributed by atoms with van der Waals surface area (Å²) in [5.41, 5.74) is 0.148. The Labute approximate surface area is 295 Å². The quantitative estimate of drug-likeness (QED) is 0.144. The standard InChI is InChI=1S/C36H48O15/c1-17-15-44-36(14-24(17)48-25(37)12-9-20-7-5-4-6-8-20)35(16-45-35)22-11-10-21(13-23(22)51-36)32(43)50-34-31(29(41)27(39)19(3)47-34)49-33-30(42)28(40)26(38)18(2)46-33/h4-9,12,17-19,21-24,26-31,33-34,38-42H,10-11,13-16H2,1-3H3/b12-9+/t17-,18-,19-,21-,22-,23+,24+,26-,27-,28+,29+,30-,31-,33+,34+,35-,36-/m1/s1. The van der Waals surface area contributed by atoms with E-state index < -0.39 is 103 Å². The average molecular weight is 721 g/mol. The van der Waals surface area contributed by atoms with E-state index in [-0.39, 0.29) is 31.3 Å². The topological polar surface area (TPSA) is 212 Å². The SMILES string of the molecule is C[C@@H]1CO[C@]2(C[C@@H]1OC(=O)/C=C/c1ccccc1)O[C@H]1C[C@H](C(=O)O[C@@H]3O[C@H](C)[C@@H](O)[C@H](O)[C@H]3O[C@@H]3O[C@H](C)[C@@H](O)[C@H](O)[C@H]3O)CC[C@H]1[C@]21CO1. The molecule has 0 radical (unpaired) electrons. The highest BCUT2D eigenvalue weighted by atomic mass is 16.8. The summed E-state index contributed by atoms with van der Waals surface area (Å²) in [4.78, 5) is 26.5. The number of epoxide rings is 1. The molecule has 15 nitrogen and oxygen atoms in total. The molecule has 17 atom stereocenters. The number of hydrogen-bond acceptors (Lipinski definition) is 15. The van der Waals surface area contributed by atoms with Crippen molar-refractivity contribution in [2.24, 2.45) is 17.8 Å². The number of aliphatic hydroxyl groups is 5. The van der Waals surface area contributed by atoms with Crippen LogP contribution in [-0.4, -0.2) is 136 Å². The van der Waals surface area contributed by atoms with Crippen molar-refractivity contribution in [1.29, 1.82) is 0 Å². The second kappa shape index (κ2) is 14.4. The molecule has 7 rings (SSSR count). The number of ether oxygens (including phenoxy) is 8. The van der Waals surface area contributed by atoms with Gasteiger partial charge in [-0.3, -0.25) is 4.79 Å². The molecule has 1 saturated carbocycles. The highest BCUT2D eigenvalue weighted by molar-refractivity contribution is 5.87. The van der Waals surface area contributed by atoms with Crippen LogP contribution >= 0.6 is 0 Å². The lowest BCUT2D eigenvalue weighted by Gasteiger charge is -2.45. The van der Waals surface area contributed by atoms with Crippen molar-refractivity contribution in [2.75, 3.05) is 13.2 Å². The van der Waals surface area contributed by atoms with E-state index in [1.165, 1.54) is 19.9 Å². The minimum Gasteiger partial charge on any atom is -0.459 e. The molecule has 0 aromatic heterocycles. The number of hydrogen-bond donors (Lipinski definition) is 5. The van der Waals surface area contributed by atoms with E-state index in [0.717, 1.165) is 5.56 Å². The third kappa shape index (κ3) is 6.87. The highest BCUT2D eigenvalue weighted by Gasteiger charge is 2.76. The first kappa shape index (κ1) is 36.8. The zero-order valence-corrected chi connectivity index (χ0v) is 28.8. The lowest BCUT2D eigenvalue weighted by Crippen LogP contribution is -2.63. The molecule has 0 amide bonds. The smallest absolute Gasteiger partial charge is 0.331 e. The van der Waals surface area contributed by atoms with E-state index in [4.69, 9.17) is 37.9 Å². The molecule has 2 spiro atoms. The van der Waals surface area contributed by atoms with E-state index in [1.807, 2.05) is 37.3 Å². The van der Waals surface area contributed by atoms with Crippen molar-refractivity contribution >= 4 is 18.0 Å². The van der Waals surface area contributed by atoms with Crippen LogP contribution in [0.2, 0.25) is 0 Å². The molecule has 51 heavy (non-hydrogen) atoms. The molecular weight excluding hydrogens is 672 g/mol. The second-order valence-corrected chi connectivity index (χ2v) is 14.8. The number of rotatable bonds is 7. The molecular formula is C36H48O15. The molecule has 1 aliphatic carbocycles. The maximum Gasteiger partial charge on any atom is 0.331 e. The summed E-state index contributed by atoms with van der Waals surface area (Å²) in [5.74, 6) is -3.05. The number of aliphatic hydroxyl groups excluding tert-OH is 5. The molecule has 1 aromatic carbocycles. The first-order valence-corrected chi connectivity index (χ1v) is 17.8. The zero-order chi connectivity index (χ0) is 36.2. The maximum absolute atomic E-state index is 13.7. The van der Waals surface area contributed by atoms with E-state index in [9.17, 15) is 35.1 Å². The van der Waals surface area contributed by atoms with Crippen molar-refractivity contribution in [3.8, 4) is 0 Å². The largest absolute Gasteiger partial charge is 0.459 e. The van der Waals surface area contributed by atoms with Gasteiger partial charge >= 0.3 is 11.9 Å². The molecule has 5 aliphatic heterocycles. The summed E-state index contributed by atoms with van der Waals surface area (Å²) in [7, 11) is 0. The number of carbonyl (C=O) groups is 2. The van der Waals surface area contributed by atoms with Gasteiger partial charge in [0.05, 0.1) is 37.4 Å². The summed E-state index contributed by atoms with van der Waals surface area (Å²) < 4.78 is 47.9. The molecule has 0 bridgehead atoms. The predicted octanol–water partition coefficient (Wildman–Crippen LogP) is 0.171. The molecule has 5 N–H and O–H groups in total. The molecule has 282 valence electrons. The number of carbonyl (C=O) groups excluding carboxylic acids is 2. The minimum absolute atomic E-state index is 0.0722. The van der Waals surface area contributed by atoms with Crippen molar-refractivity contribution in [1.82, 2.24) is 0 Å². The molecule has 6 fully saturated rings. The summed E-state index contributed by atoms with van der Waals surface area (Å²) in [6.07, 6.45) is -10.4. The van der Waals surface area contributed by atoms with Crippen LogP contribution in [0.4, 0.5) is 0 Å². The van der Waals surface area contributed by atoms with Gasteiger partial charge in [-0.2, -0.15) is 0 Å². The van der Waals surface area contributed by atoms with E-state index >= 15 is 0 Å². The van der Waals surface area contributed by atoms with Crippen molar-refractivity contribution in [3.05, 3.63) is 42.0 Å². The van der Waals surface area contributed by atoms with Gasteiger partial charge in [0.25, 0.3) is 0 Å². The Kier molecular flexibility index (Phi) is 10.4. The summed E-state index contributed by atoms with van der Waals surface area (Å²) >= 11 is 0. The van der Waals surface area contributed by atoms with Crippen molar-refractivity contribution in [2.45, 2.75) is 131 Å². The molecule has 15 heteroatoms. The Balaban J connectivity index is 1.00. The monoisotopic (exact) mass is 720 g/mol. The Bertz CT molecular complexity index is 1440. The van der Waals surface area contributed by atoms with Gasteiger partial charge in [0, 0.05) is 24.3 Å². The third-order valence-electron chi connectivity index (χ3n) is 11.4. The highest BCUT2D eigenvalue weighted by Crippen LogP contribution is 2.62. The lowest BCUT2D eigenvalue weighted by molar-refractivity contribution is -0.357. The van der Waals surface area contributed by atoms with Crippen LogP contribution in [0.5, 0.6) is 0 Å². The average Bonchev–Trinajstić information content (AvgIpc) is 3.89. The van der Waals surface area contributed by atoms with Crippen LogP contribution in [0.3, 0.4) is 0 Å². The first-order chi connectivity index (χ1) is 24.3. The lowest BCUT2D eigenvalue weighted by atomic mass is 9.72. The summed E-state index contributed by atoms with van der Waals surface area (Å²) in [6.45, 7) is 5.63. The van der Waals surface area contributed by atoms with Crippen LogP contribution in [-0.2, 0) is 47.5 Å². The Morgan fingerprint density at radius 1 is 0.843 bits per heavy atom. The summed E-state index contributed by atoms with van der Waals surface area (Å²) in [6, 6.07) is 9.45. The van der Waals surface area contributed by atoms with Gasteiger partial charge in [-0.1, -0.05) is 37.3 Å². The van der Waals surface area contributed by atoms with Gasteiger partial charge in [-0.05, 0) is 44.7 Å². The predicted molar refractivity (Wildman–Crippen MR) is 172 cm³/mol. The van der Waals surface area contributed by atoms with Gasteiger partial charge < -0.3 is 63.4 Å². The van der Waals surface area contributed by atoms with Crippen LogP contribution in [0.25, 0.3) is 6.08 Å². The molecule has 5 saturated heterocycles. The Morgan fingerprint density at radius 3 is 2.24 bits per heavy atom. The maximum atomic E-state index is 13.7. The fourth-order valence-corrected chi connectivity index (χ4v) is 8.23. The number of esters is 2. The molecule has 1 aromatic rings. The summed E-state index contributed by atoms with van der Waals surface area (Å²) in [5, 5.41) is 52.3. The van der Waals surface area contributed by atoms with Crippen LogP contribution in [0.15, 0.2) is 36.4 Å². The van der Waals surface area contributed by atoms with Crippen LogP contribution in [0.1, 0.15) is 52.0 Å². The first-order valence-electron chi connectivity index (χ1n) is 17.8.